The molecule has 3 aromatic rings. The number of rotatable bonds is 1. The Morgan fingerprint density at radius 2 is 2.12 bits per heavy atom. The van der Waals surface area contributed by atoms with Crippen LogP contribution in [0.5, 0.6) is 0 Å². The first-order valence-electron chi connectivity index (χ1n) is 5.03. The first-order chi connectivity index (χ1) is 8.16. The van der Waals surface area contributed by atoms with Crippen molar-refractivity contribution in [2.45, 2.75) is 6.92 Å². The molecule has 6 nitrogen and oxygen atoms in total. The number of halogens is 1. The normalized spacial score (nSPS) is 11.2. The third kappa shape index (κ3) is 1.49. The van der Waals surface area contributed by atoms with E-state index in [1.807, 2.05) is 24.4 Å². The summed E-state index contributed by atoms with van der Waals surface area (Å²) < 4.78 is 3.59. The third-order valence-corrected chi connectivity index (χ3v) is 2.77. The van der Waals surface area contributed by atoms with Gasteiger partial charge >= 0.3 is 0 Å². The van der Waals surface area contributed by atoms with Gasteiger partial charge in [0.15, 0.2) is 11.5 Å². The molecule has 0 saturated heterocycles. The molecule has 3 rings (SSSR count). The number of aryl methyl sites for hydroxylation is 2. The monoisotopic (exact) mass is 248 g/mol. The molecule has 3 heterocycles. The number of hydrogen-bond donors (Lipinski definition) is 0. The van der Waals surface area contributed by atoms with Crippen molar-refractivity contribution in [2.24, 2.45) is 7.05 Å². The van der Waals surface area contributed by atoms with Crippen LogP contribution in [0.2, 0.25) is 5.15 Å². The Morgan fingerprint density at radius 3 is 2.82 bits per heavy atom. The Hall–Kier alpha value is -1.95. The van der Waals surface area contributed by atoms with E-state index in [0.29, 0.717) is 16.6 Å². The summed E-state index contributed by atoms with van der Waals surface area (Å²) in [4.78, 5) is 4.19. The molecule has 0 unspecified atom stereocenters. The van der Waals surface area contributed by atoms with Crippen LogP contribution in [0.3, 0.4) is 0 Å². The van der Waals surface area contributed by atoms with Crippen molar-refractivity contribution < 1.29 is 0 Å². The Morgan fingerprint density at radius 1 is 1.29 bits per heavy atom. The molecule has 7 heteroatoms. The standard InChI is InChI=1S/C10H9ClN6/c1-6-13-8(11)5-9-14-15-10(17(6)9)7-3-4-12-16(7)2/h3-5H,1-2H3. The zero-order chi connectivity index (χ0) is 12.0. The fourth-order valence-corrected chi connectivity index (χ4v) is 2.03. The lowest BCUT2D eigenvalue weighted by Gasteiger charge is -2.03. The van der Waals surface area contributed by atoms with Crippen LogP contribution < -0.4 is 0 Å². The molecular formula is C10H9ClN6. The minimum Gasteiger partial charge on any atom is -0.265 e. The average molecular weight is 249 g/mol. The van der Waals surface area contributed by atoms with Gasteiger partial charge in [-0.2, -0.15) is 5.10 Å². The van der Waals surface area contributed by atoms with E-state index < -0.39 is 0 Å². The number of hydrogen-bond acceptors (Lipinski definition) is 4. The molecule has 86 valence electrons. The summed E-state index contributed by atoms with van der Waals surface area (Å²) in [5.41, 5.74) is 1.56. The maximum atomic E-state index is 5.88. The Balaban J connectivity index is 2.36. The largest absolute Gasteiger partial charge is 0.265 e. The molecule has 3 aromatic heterocycles. The Bertz CT molecular complexity index is 698. The van der Waals surface area contributed by atoms with E-state index in [4.69, 9.17) is 11.6 Å². The fraction of sp³-hybridized carbons (Fsp3) is 0.200. The fourth-order valence-electron chi connectivity index (χ4n) is 1.81. The number of aromatic nitrogens is 6. The highest BCUT2D eigenvalue weighted by atomic mass is 35.5. The molecule has 0 spiro atoms. The van der Waals surface area contributed by atoms with Crippen molar-refractivity contribution in [3.05, 3.63) is 29.3 Å². The van der Waals surface area contributed by atoms with Crippen LogP contribution in [0.25, 0.3) is 17.2 Å². The molecule has 0 atom stereocenters. The van der Waals surface area contributed by atoms with Crippen molar-refractivity contribution in [1.29, 1.82) is 0 Å². The van der Waals surface area contributed by atoms with Gasteiger partial charge in [-0.1, -0.05) is 11.6 Å². The average Bonchev–Trinajstić information content (AvgIpc) is 2.83. The molecule has 0 saturated carbocycles. The smallest absolute Gasteiger partial charge is 0.188 e. The highest BCUT2D eigenvalue weighted by Crippen LogP contribution is 2.19. The van der Waals surface area contributed by atoms with Gasteiger partial charge in [0.2, 0.25) is 0 Å². The molecule has 0 aliphatic carbocycles. The summed E-state index contributed by atoms with van der Waals surface area (Å²) in [6.07, 6.45) is 1.72. The lowest BCUT2D eigenvalue weighted by atomic mass is 10.4. The summed E-state index contributed by atoms with van der Waals surface area (Å²) in [6, 6.07) is 3.56. The van der Waals surface area contributed by atoms with Gasteiger partial charge in [0, 0.05) is 19.3 Å². The number of fused-ring (bicyclic) bond motifs is 1. The highest BCUT2D eigenvalue weighted by Gasteiger charge is 2.14. The minimum absolute atomic E-state index is 0.416. The highest BCUT2D eigenvalue weighted by molar-refractivity contribution is 6.29. The molecule has 0 aliphatic heterocycles. The molecule has 0 amide bonds. The van der Waals surface area contributed by atoms with E-state index in [1.54, 1.807) is 16.9 Å². The van der Waals surface area contributed by atoms with Crippen LogP contribution in [0.15, 0.2) is 18.3 Å². The third-order valence-electron chi connectivity index (χ3n) is 2.58. The Labute approximate surface area is 102 Å². The topological polar surface area (TPSA) is 60.9 Å². The van der Waals surface area contributed by atoms with Crippen LogP contribution in [0, 0.1) is 6.92 Å². The second-order valence-electron chi connectivity index (χ2n) is 3.68. The van der Waals surface area contributed by atoms with Gasteiger partial charge in [-0.3, -0.25) is 9.08 Å². The van der Waals surface area contributed by atoms with Crippen molar-refractivity contribution in [3.63, 3.8) is 0 Å². The van der Waals surface area contributed by atoms with Crippen molar-refractivity contribution in [1.82, 2.24) is 29.4 Å². The van der Waals surface area contributed by atoms with Gasteiger partial charge in [0.25, 0.3) is 0 Å². The second-order valence-corrected chi connectivity index (χ2v) is 4.07. The van der Waals surface area contributed by atoms with Gasteiger partial charge in [-0.05, 0) is 13.0 Å². The van der Waals surface area contributed by atoms with Crippen LogP contribution in [-0.4, -0.2) is 29.4 Å². The van der Waals surface area contributed by atoms with Gasteiger partial charge < -0.3 is 0 Å². The van der Waals surface area contributed by atoms with Gasteiger partial charge in [0.1, 0.15) is 16.7 Å². The summed E-state index contributed by atoms with van der Waals surface area (Å²) >= 11 is 5.88. The molecule has 0 aromatic carbocycles. The predicted octanol–water partition coefficient (Wildman–Crippen LogP) is 1.49. The lowest BCUT2D eigenvalue weighted by Crippen LogP contribution is -2.01. The van der Waals surface area contributed by atoms with Crippen LogP contribution in [0.4, 0.5) is 0 Å². The van der Waals surface area contributed by atoms with E-state index >= 15 is 0 Å². The molecule has 0 fully saturated rings. The van der Waals surface area contributed by atoms with E-state index in [9.17, 15) is 0 Å². The zero-order valence-corrected chi connectivity index (χ0v) is 10.0. The van der Waals surface area contributed by atoms with Crippen molar-refractivity contribution >= 4 is 17.2 Å². The van der Waals surface area contributed by atoms with Gasteiger partial charge in [-0.25, -0.2) is 4.98 Å². The van der Waals surface area contributed by atoms with Crippen LogP contribution in [0.1, 0.15) is 5.82 Å². The summed E-state index contributed by atoms with van der Waals surface area (Å²) in [5, 5.41) is 12.8. The first kappa shape index (κ1) is 10.2. The molecule has 0 bridgehead atoms. The van der Waals surface area contributed by atoms with Gasteiger partial charge in [0.05, 0.1) is 0 Å². The SMILES string of the molecule is Cc1nc(Cl)cc2nnc(-c3ccnn3C)n12. The van der Waals surface area contributed by atoms with Crippen molar-refractivity contribution in [2.75, 3.05) is 0 Å². The van der Waals surface area contributed by atoms with Crippen LogP contribution in [-0.2, 0) is 7.05 Å². The van der Waals surface area contributed by atoms with E-state index in [1.165, 1.54) is 0 Å². The summed E-state index contributed by atoms with van der Waals surface area (Å²) in [5.74, 6) is 1.45. The quantitative estimate of drug-likeness (QED) is 0.612. The molecule has 0 aliphatic rings. The van der Waals surface area contributed by atoms with E-state index in [-0.39, 0.29) is 0 Å². The maximum absolute atomic E-state index is 5.88. The molecule has 17 heavy (non-hydrogen) atoms. The van der Waals surface area contributed by atoms with Crippen molar-refractivity contribution in [3.8, 4) is 11.5 Å². The van der Waals surface area contributed by atoms with Crippen LogP contribution >= 0.6 is 11.6 Å². The van der Waals surface area contributed by atoms with E-state index in [0.717, 1.165) is 11.5 Å². The Kier molecular flexibility index (Phi) is 2.12. The summed E-state index contributed by atoms with van der Waals surface area (Å²) in [6.45, 7) is 1.86. The van der Waals surface area contributed by atoms with Gasteiger partial charge in [-0.15, -0.1) is 10.2 Å². The predicted molar refractivity (Wildman–Crippen MR) is 62.7 cm³/mol. The molecule has 0 N–H and O–H groups in total. The first-order valence-corrected chi connectivity index (χ1v) is 5.41. The zero-order valence-electron chi connectivity index (χ0n) is 9.29. The summed E-state index contributed by atoms with van der Waals surface area (Å²) in [7, 11) is 1.86. The maximum Gasteiger partial charge on any atom is 0.188 e. The molecular weight excluding hydrogens is 240 g/mol. The van der Waals surface area contributed by atoms with E-state index in [2.05, 4.69) is 20.3 Å². The number of nitrogens with zero attached hydrogens (tertiary/aromatic N) is 6. The minimum atomic E-state index is 0.416. The lowest BCUT2D eigenvalue weighted by molar-refractivity contribution is 0.767. The second kappa shape index (κ2) is 3.53. The molecule has 0 radical (unpaired) electrons.